The fraction of sp³-hybridized carbons (Fsp3) is 0. The van der Waals surface area contributed by atoms with Crippen LogP contribution >= 0.6 is 0 Å². The summed E-state index contributed by atoms with van der Waals surface area (Å²) in [6, 6.07) is 24.4. The Kier molecular flexibility index (Phi) is 12.4. The smallest absolute Gasteiger partial charge is 0.545 e. The van der Waals surface area contributed by atoms with Crippen LogP contribution in [0.3, 0.4) is 0 Å². The Morgan fingerprint density at radius 1 is 0.536 bits per heavy atom. The molecule has 0 aliphatic carbocycles. The molecule has 3 aromatic rings. The Morgan fingerprint density at radius 2 is 0.786 bits per heavy atom. The van der Waals surface area contributed by atoms with E-state index in [1.165, 1.54) is 24.3 Å². The van der Waals surface area contributed by atoms with Gasteiger partial charge in [-0.05, 0) is 23.3 Å². The summed E-state index contributed by atoms with van der Waals surface area (Å²) in [6.45, 7) is 0. The molecule has 0 radical (unpaired) electrons. The van der Waals surface area contributed by atoms with E-state index in [9.17, 15) is 24.6 Å². The van der Waals surface area contributed by atoms with Gasteiger partial charge in [-0.15, -0.1) is 0 Å². The Labute approximate surface area is 178 Å². The Balaban J connectivity index is 0.000000384. The number of carboxylic acids is 3. The SMILES string of the molecule is O=C(O)c1ccccc1.O=C([O-])c1ccccc1.O=C([O-])c1ccccc1.[Mg+2]. The largest absolute Gasteiger partial charge is 2.00 e. The second-order valence-electron chi connectivity index (χ2n) is 4.98. The van der Waals surface area contributed by atoms with E-state index in [0.717, 1.165) is 0 Å². The van der Waals surface area contributed by atoms with Crippen molar-refractivity contribution in [3.05, 3.63) is 108 Å². The van der Waals surface area contributed by atoms with Gasteiger partial charge in [0.05, 0.1) is 17.5 Å². The van der Waals surface area contributed by atoms with Crippen LogP contribution in [0, 0.1) is 0 Å². The minimum absolute atomic E-state index is 0. The second kappa shape index (κ2) is 14.0. The predicted molar refractivity (Wildman–Crippen MR) is 101 cm³/mol. The van der Waals surface area contributed by atoms with Gasteiger partial charge in [-0.3, -0.25) is 0 Å². The molecule has 0 aliphatic heterocycles. The van der Waals surface area contributed by atoms with Gasteiger partial charge in [0.15, 0.2) is 0 Å². The standard InChI is InChI=1S/3C7H6O2.Mg/c3*8-7(9)6-4-2-1-3-5-6;/h3*1-5H,(H,8,9);/q;;;+2/p-2. The quantitative estimate of drug-likeness (QED) is 0.671. The van der Waals surface area contributed by atoms with Crippen LogP contribution in [0.2, 0.25) is 0 Å². The molecule has 7 heteroatoms. The van der Waals surface area contributed by atoms with Crippen molar-refractivity contribution in [2.24, 2.45) is 0 Å². The van der Waals surface area contributed by atoms with Crippen LogP contribution in [-0.2, 0) is 0 Å². The van der Waals surface area contributed by atoms with E-state index in [2.05, 4.69) is 0 Å². The van der Waals surface area contributed by atoms with Crippen molar-refractivity contribution in [3.8, 4) is 0 Å². The normalized spacial score (nSPS) is 8.57. The summed E-state index contributed by atoms with van der Waals surface area (Å²) in [5.41, 5.74) is 0.771. The maximum atomic E-state index is 10.2. The molecule has 0 heterocycles. The molecule has 0 saturated carbocycles. The molecule has 0 spiro atoms. The molecule has 0 unspecified atom stereocenters. The third-order valence-corrected chi connectivity index (χ3v) is 3.04. The Morgan fingerprint density at radius 3 is 0.929 bits per heavy atom. The van der Waals surface area contributed by atoms with Crippen LogP contribution in [0.15, 0.2) is 91.0 Å². The van der Waals surface area contributed by atoms with E-state index in [1.54, 1.807) is 66.7 Å². The molecule has 1 N–H and O–H groups in total. The molecular formula is C21H16MgO6. The molecule has 0 saturated heterocycles. The van der Waals surface area contributed by atoms with Crippen molar-refractivity contribution in [3.63, 3.8) is 0 Å². The van der Waals surface area contributed by atoms with Crippen LogP contribution < -0.4 is 10.2 Å². The van der Waals surface area contributed by atoms with E-state index >= 15 is 0 Å². The molecule has 6 nitrogen and oxygen atoms in total. The number of benzene rings is 3. The summed E-state index contributed by atoms with van der Waals surface area (Å²) >= 11 is 0. The minimum Gasteiger partial charge on any atom is -0.545 e. The molecule has 0 atom stereocenters. The van der Waals surface area contributed by atoms with Gasteiger partial charge in [-0.2, -0.15) is 0 Å². The van der Waals surface area contributed by atoms with E-state index in [-0.39, 0.29) is 34.2 Å². The number of hydrogen-bond donors (Lipinski definition) is 1. The van der Waals surface area contributed by atoms with Gasteiger partial charge in [0.1, 0.15) is 0 Å². The fourth-order valence-electron chi connectivity index (χ4n) is 1.73. The topological polar surface area (TPSA) is 118 Å². The molecular weight excluding hydrogens is 373 g/mol. The number of carbonyl (C=O) groups excluding carboxylic acids is 2. The first-order valence-corrected chi connectivity index (χ1v) is 7.73. The zero-order chi connectivity index (χ0) is 20.1. The molecule has 138 valence electrons. The first-order valence-electron chi connectivity index (χ1n) is 7.73. The fourth-order valence-corrected chi connectivity index (χ4v) is 1.73. The summed E-state index contributed by atoms with van der Waals surface area (Å²) in [5, 5.41) is 28.6. The first-order chi connectivity index (χ1) is 12.9. The van der Waals surface area contributed by atoms with E-state index in [1.807, 2.05) is 0 Å². The van der Waals surface area contributed by atoms with Gasteiger partial charge in [0.2, 0.25) is 0 Å². The summed E-state index contributed by atoms with van der Waals surface area (Å²) < 4.78 is 0. The van der Waals surface area contributed by atoms with Crippen LogP contribution in [0.1, 0.15) is 31.1 Å². The number of carbonyl (C=O) groups is 3. The number of aromatic carboxylic acids is 3. The van der Waals surface area contributed by atoms with Gasteiger partial charge >= 0.3 is 29.0 Å². The van der Waals surface area contributed by atoms with Crippen LogP contribution in [0.25, 0.3) is 0 Å². The second-order valence-corrected chi connectivity index (χ2v) is 4.98. The average Bonchev–Trinajstić information content (AvgIpc) is 2.71. The number of rotatable bonds is 3. The summed E-state index contributed by atoms with van der Waals surface area (Å²) in [4.78, 5) is 30.4. The van der Waals surface area contributed by atoms with Gasteiger partial charge in [-0.1, -0.05) is 78.9 Å². The van der Waals surface area contributed by atoms with Crippen LogP contribution in [-0.4, -0.2) is 46.1 Å². The minimum atomic E-state index is -1.13. The molecule has 28 heavy (non-hydrogen) atoms. The molecule has 0 bridgehead atoms. The maximum Gasteiger partial charge on any atom is 2.00 e. The first kappa shape index (κ1) is 24.8. The third kappa shape index (κ3) is 10.1. The van der Waals surface area contributed by atoms with Gasteiger partial charge in [-0.25, -0.2) is 4.79 Å². The van der Waals surface area contributed by atoms with Gasteiger partial charge in [0.25, 0.3) is 0 Å². The van der Waals surface area contributed by atoms with Crippen molar-refractivity contribution in [1.29, 1.82) is 0 Å². The van der Waals surface area contributed by atoms with Crippen molar-refractivity contribution in [1.82, 2.24) is 0 Å². The van der Waals surface area contributed by atoms with Crippen LogP contribution in [0.5, 0.6) is 0 Å². The van der Waals surface area contributed by atoms with Gasteiger partial charge in [0, 0.05) is 0 Å². The predicted octanol–water partition coefficient (Wildman–Crippen LogP) is 1.10. The van der Waals surface area contributed by atoms with Crippen molar-refractivity contribution in [2.75, 3.05) is 0 Å². The Bertz CT molecular complexity index is 734. The molecule has 3 aromatic carbocycles. The average molecular weight is 389 g/mol. The Hall–Kier alpha value is -3.16. The van der Waals surface area contributed by atoms with Crippen molar-refractivity contribution in [2.45, 2.75) is 0 Å². The summed E-state index contributed by atoms with van der Waals surface area (Å²) in [5.74, 6) is -3.14. The summed E-state index contributed by atoms with van der Waals surface area (Å²) in [6.07, 6.45) is 0. The molecule has 0 amide bonds. The number of carboxylic acid groups (broad SMARTS) is 3. The monoisotopic (exact) mass is 388 g/mol. The van der Waals surface area contributed by atoms with Crippen molar-refractivity contribution >= 4 is 41.0 Å². The third-order valence-electron chi connectivity index (χ3n) is 3.04. The molecule has 0 aliphatic rings. The molecule has 0 aromatic heterocycles. The zero-order valence-electron chi connectivity index (χ0n) is 14.9. The van der Waals surface area contributed by atoms with E-state index < -0.39 is 17.9 Å². The molecule has 3 rings (SSSR count). The number of hydrogen-bond acceptors (Lipinski definition) is 5. The van der Waals surface area contributed by atoms with E-state index in [0.29, 0.717) is 5.56 Å². The van der Waals surface area contributed by atoms with Crippen LogP contribution in [0.4, 0.5) is 0 Å². The maximum absolute atomic E-state index is 10.2. The zero-order valence-corrected chi connectivity index (χ0v) is 16.3. The summed E-state index contributed by atoms with van der Waals surface area (Å²) in [7, 11) is 0. The van der Waals surface area contributed by atoms with Crippen molar-refractivity contribution < 1.29 is 29.7 Å². The van der Waals surface area contributed by atoms with E-state index in [4.69, 9.17) is 5.11 Å². The van der Waals surface area contributed by atoms with Gasteiger partial charge < -0.3 is 24.9 Å². The molecule has 0 fully saturated rings.